The van der Waals surface area contributed by atoms with Crippen LogP contribution in [0.4, 0.5) is 5.69 Å². The second kappa shape index (κ2) is 5.38. The number of nitrogens with two attached hydrogens (primary N) is 1. The van der Waals surface area contributed by atoms with Gasteiger partial charge in [0.25, 0.3) is 0 Å². The molecule has 3 N–H and O–H groups in total. The Kier molecular flexibility index (Phi) is 4.01. The molecule has 6 heteroatoms. The summed E-state index contributed by atoms with van der Waals surface area (Å²) in [6.07, 6.45) is 3.28. The Labute approximate surface area is 114 Å². The van der Waals surface area contributed by atoms with E-state index >= 15 is 0 Å². The molecule has 1 aromatic carbocycles. The normalized spacial score (nSPS) is 17.2. The zero-order chi connectivity index (χ0) is 14.0. The van der Waals surface area contributed by atoms with Crippen LogP contribution in [0.3, 0.4) is 0 Å². The summed E-state index contributed by atoms with van der Waals surface area (Å²) in [4.78, 5) is 0.0950. The third kappa shape index (κ3) is 3.61. The van der Waals surface area contributed by atoms with Crippen molar-refractivity contribution in [2.45, 2.75) is 37.1 Å². The second-order valence-corrected chi connectivity index (χ2v) is 6.79. The van der Waals surface area contributed by atoms with E-state index in [0.717, 1.165) is 6.42 Å². The van der Waals surface area contributed by atoms with Crippen LogP contribution in [-0.2, 0) is 10.0 Å². The summed E-state index contributed by atoms with van der Waals surface area (Å²) in [5.74, 6) is 0.973. The molecule has 0 bridgehead atoms. The number of hydrogen-bond acceptors (Lipinski definition) is 4. The topological polar surface area (TPSA) is 81.4 Å². The van der Waals surface area contributed by atoms with Gasteiger partial charge in [-0.2, -0.15) is 0 Å². The number of hydrogen-bond donors (Lipinski definition) is 2. The molecule has 0 amide bonds. The van der Waals surface area contributed by atoms with Crippen molar-refractivity contribution in [1.29, 1.82) is 0 Å². The molecular formula is C13H20N2O3S. The number of ether oxygens (including phenoxy) is 1. The largest absolute Gasteiger partial charge is 0.495 e. The van der Waals surface area contributed by atoms with Gasteiger partial charge in [-0.25, -0.2) is 13.1 Å². The SMILES string of the molecule is COc1ccc(N)cc1S(=O)(=O)NC(C)CC1CC1. The van der Waals surface area contributed by atoms with Crippen molar-refractivity contribution in [2.75, 3.05) is 12.8 Å². The molecule has 1 fully saturated rings. The summed E-state index contributed by atoms with van der Waals surface area (Å²) in [5, 5.41) is 0. The number of nitrogen functional groups attached to an aromatic ring is 1. The lowest BCUT2D eigenvalue weighted by atomic mass is 10.2. The molecule has 1 saturated carbocycles. The monoisotopic (exact) mass is 284 g/mol. The van der Waals surface area contributed by atoms with E-state index in [0.29, 0.717) is 17.4 Å². The lowest BCUT2D eigenvalue weighted by molar-refractivity contribution is 0.402. The van der Waals surface area contributed by atoms with Crippen molar-refractivity contribution in [3.05, 3.63) is 18.2 Å². The Morgan fingerprint density at radius 2 is 2.16 bits per heavy atom. The van der Waals surface area contributed by atoms with E-state index in [1.165, 1.54) is 26.0 Å². The van der Waals surface area contributed by atoms with Crippen molar-refractivity contribution < 1.29 is 13.2 Å². The zero-order valence-corrected chi connectivity index (χ0v) is 12.0. The van der Waals surface area contributed by atoms with Gasteiger partial charge in [0.05, 0.1) is 7.11 Å². The van der Waals surface area contributed by atoms with E-state index < -0.39 is 10.0 Å². The number of benzene rings is 1. The molecule has 0 saturated heterocycles. The third-order valence-corrected chi connectivity index (χ3v) is 4.83. The molecule has 5 nitrogen and oxygen atoms in total. The van der Waals surface area contributed by atoms with Gasteiger partial charge < -0.3 is 10.5 Å². The van der Waals surface area contributed by atoms with Gasteiger partial charge >= 0.3 is 0 Å². The van der Waals surface area contributed by atoms with Gasteiger partial charge in [0.15, 0.2) is 0 Å². The first-order valence-corrected chi connectivity index (χ1v) is 7.86. The maximum atomic E-state index is 12.3. The molecule has 0 radical (unpaired) electrons. The fourth-order valence-electron chi connectivity index (χ4n) is 2.13. The second-order valence-electron chi connectivity index (χ2n) is 5.11. The highest BCUT2D eigenvalue weighted by molar-refractivity contribution is 7.89. The molecule has 1 aliphatic rings. The average Bonchev–Trinajstić information content (AvgIpc) is 3.12. The molecule has 0 heterocycles. The first-order chi connectivity index (χ1) is 8.92. The maximum Gasteiger partial charge on any atom is 0.244 e. The summed E-state index contributed by atoms with van der Waals surface area (Å²) in [6, 6.07) is 4.52. The average molecular weight is 284 g/mol. The van der Waals surface area contributed by atoms with Gasteiger partial charge in [0.1, 0.15) is 10.6 Å². The predicted molar refractivity (Wildman–Crippen MR) is 74.5 cm³/mol. The van der Waals surface area contributed by atoms with Crippen molar-refractivity contribution in [3.8, 4) is 5.75 Å². The fraction of sp³-hybridized carbons (Fsp3) is 0.538. The predicted octanol–water partition coefficient (Wildman–Crippen LogP) is 1.74. The summed E-state index contributed by atoms with van der Waals surface area (Å²) in [5.41, 5.74) is 6.05. The molecule has 19 heavy (non-hydrogen) atoms. The van der Waals surface area contributed by atoms with E-state index in [-0.39, 0.29) is 10.9 Å². The van der Waals surface area contributed by atoms with Gasteiger partial charge in [-0.1, -0.05) is 12.8 Å². The van der Waals surface area contributed by atoms with E-state index in [1.807, 2.05) is 6.92 Å². The van der Waals surface area contributed by atoms with Crippen molar-refractivity contribution in [3.63, 3.8) is 0 Å². The molecule has 1 aliphatic carbocycles. The Morgan fingerprint density at radius 1 is 1.47 bits per heavy atom. The minimum Gasteiger partial charge on any atom is -0.495 e. The Balaban J connectivity index is 2.19. The highest BCUT2D eigenvalue weighted by atomic mass is 32.2. The van der Waals surface area contributed by atoms with Crippen LogP contribution in [0, 0.1) is 5.92 Å². The van der Waals surface area contributed by atoms with E-state index in [4.69, 9.17) is 10.5 Å². The van der Waals surface area contributed by atoms with Crippen LogP contribution in [0.15, 0.2) is 23.1 Å². The molecule has 0 aliphatic heterocycles. The summed E-state index contributed by atoms with van der Waals surface area (Å²) >= 11 is 0. The minimum absolute atomic E-state index is 0.0800. The Hall–Kier alpha value is -1.27. The summed E-state index contributed by atoms with van der Waals surface area (Å²) in [7, 11) is -2.15. The Morgan fingerprint density at radius 3 is 2.74 bits per heavy atom. The lowest BCUT2D eigenvalue weighted by Gasteiger charge is -2.16. The standard InChI is InChI=1S/C13H20N2O3S/c1-9(7-10-3-4-10)15-19(16,17)13-8-11(14)5-6-12(13)18-2/h5-6,8-10,15H,3-4,7,14H2,1-2H3. The molecular weight excluding hydrogens is 264 g/mol. The number of rotatable bonds is 6. The van der Waals surface area contributed by atoms with Crippen LogP contribution in [-0.4, -0.2) is 21.6 Å². The highest BCUT2D eigenvalue weighted by Crippen LogP contribution is 2.34. The molecule has 1 atom stereocenters. The van der Waals surface area contributed by atoms with Gasteiger partial charge in [-0.15, -0.1) is 0 Å². The number of sulfonamides is 1. The first-order valence-electron chi connectivity index (χ1n) is 6.38. The third-order valence-electron chi connectivity index (χ3n) is 3.22. The van der Waals surface area contributed by atoms with Gasteiger partial charge in [0, 0.05) is 11.7 Å². The molecule has 1 unspecified atom stereocenters. The molecule has 2 rings (SSSR count). The van der Waals surface area contributed by atoms with Crippen LogP contribution >= 0.6 is 0 Å². The Bertz CT molecular complexity index is 553. The number of methoxy groups -OCH3 is 1. The molecule has 1 aromatic rings. The summed E-state index contributed by atoms with van der Waals surface area (Å²) in [6.45, 7) is 1.88. The van der Waals surface area contributed by atoms with E-state index in [1.54, 1.807) is 12.1 Å². The first kappa shape index (κ1) is 14.1. The zero-order valence-electron chi connectivity index (χ0n) is 11.2. The maximum absolute atomic E-state index is 12.3. The van der Waals surface area contributed by atoms with Crippen LogP contribution < -0.4 is 15.2 Å². The van der Waals surface area contributed by atoms with E-state index in [2.05, 4.69) is 4.72 Å². The van der Waals surface area contributed by atoms with Gasteiger partial charge in [-0.3, -0.25) is 0 Å². The van der Waals surface area contributed by atoms with E-state index in [9.17, 15) is 8.42 Å². The van der Waals surface area contributed by atoms with Crippen LogP contribution in [0.5, 0.6) is 5.75 Å². The molecule has 0 spiro atoms. The smallest absolute Gasteiger partial charge is 0.244 e. The van der Waals surface area contributed by atoms with Crippen molar-refractivity contribution in [2.24, 2.45) is 5.92 Å². The van der Waals surface area contributed by atoms with Gasteiger partial charge in [-0.05, 0) is 37.5 Å². The quantitative estimate of drug-likeness (QED) is 0.780. The lowest BCUT2D eigenvalue weighted by Crippen LogP contribution is -2.33. The van der Waals surface area contributed by atoms with Crippen molar-refractivity contribution in [1.82, 2.24) is 4.72 Å². The molecule has 106 valence electrons. The molecule has 0 aromatic heterocycles. The highest BCUT2D eigenvalue weighted by Gasteiger charge is 2.27. The fourth-order valence-corrected chi connectivity index (χ4v) is 3.59. The van der Waals surface area contributed by atoms with Gasteiger partial charge in [0.2, 0.25) is 10.0 Å². The summed E-state index contributed by atoms with van der Waals surface area (Å²) < 4.78 is 32.4. The number of anilines is 1. The minimum atomic E-state index is -3.60. The van der Waals surface area contributed by atoms with Crippen LogP contribution in [0.2, 0.25) is 0 Å². The van der Waals surface area contributed by atoms with Crippen LogP contribution in [0.1, 0.15) is 26.2 Å². The number of nitrogens with one attached hydrogen (secondary N) is 1. The van der Waals surface area contributed by atoms with Crippen molar-refractivity contribution >= 4 is 15.7 Å². The van der Waals surface area contributed by atoms with Crippen LogP contribution in [0.25, 0.3) is 0 Å².